The quantitative estimate of drug-likeness (QED) is 0.230. The first-order valence-corrected chi connectivity index (χ1v) is 16.3. The summed E-state index contributed by atoms with van der Waals surface area (Å²) in [5.41, 5.74) is 1.65. The van der Waals surface area contributed by atoms with Gasteiger partial charge in [-0.05, 0) is 87.7 Å². The topological polar surface area (TPSA) is 132 Å². The molecule has 0 bridgehead atoms. The molecule has 0 aliphatic carbocycles. The Balaban J connectivity index is 1.57. The van der Waals surface area contributed by atoms with Crippen LogP contribution in [0.3, 0.4) is 0 Å². The number of halogens is 1. The van der Waals surface area contributed by atoms with Crippen LogP contribution in [0.1, 0.15) is 50.4 Å². The van der Waals surface area contributed by atoms with Crippen molar-refractivity contribution in [3.63, 3.8) is 0 Å². The molecule has 4 rings (SSSR count). The average molecular weight is 664 g/mol. The zero-order valence-corrected chi connectivity index (χ0v) is 27.9. The zero-order valence-electron chi connectivity index (χ0n) is 27.9. The summed E-state index contributed by atoms with van der Waals surface area (Å²) in [5, 5.41) is 18.5. The van der Waals surface area contributed by atoms with Gasteiger partial charge in [0.2, 0.25) is 0 Å². The van der Waals surface area contributed by atoms with Crippen molar-refractivity contribution in [2.45, 2.75) is 58.3 Å². The maximum Gasteiger partial charge on any atom is 0.323 e. The SMILES string of the molecule is C[C@H]1CCCCO[C@@H](CN(C)C(=O)Nc2ccccc2)[C@@H](C)CN([C@@H](C)CO)C(=O)c2cc(NC(=O)Nc3ccc(F)cc3)ccc2O1. The lowest BCUT2D eigenvalue weighted by molar-refractivity contribution is -0.0115. The number of carbonyl (C=O) groups excluding carboxylic acids is 3. The van der Waals surface area contributed by atoms with E-state index in [4.69, 9.17) is 9.47 Å². The van der Waals surface area contributed by atoms with Gasteiger partial charge in [-0.25, -0.2) is 14.0 Å². The zero-order chi connectivity index (χ0) is 34.6. The summed E-state index contributed by atoms with van der Waals surface area (Å²) in [7, 11) is 1.70. The Kier molecular flexibility index (Phi) is 13.2. The maximum atomic E-state index is 14.3. The van der Waals surface area contributed by atoms with Crippen LogP contribution in [0.2, 0.25) is 0 Å². The van der Waals surface area contributed by atoms with Crippen molar-refractivity contribution in [3.8, 4) is 5.75 Å². The molecule has 0 saturated carbocycles. The number of anilines is 3. The van der Waals surface area contributed by atoms with E-state index in [0.29, 0.717) is 35.8 Å². The number of carbonyl (C=O) groups is 3. The lowest BCUT2D eigenvalue weighted by atomic mass is 10.0. The molecule has 0 unspecified atom stereocenters. The molecule has 12 heteroatoms. The molecule has 4 N–H and O–H groups in total. The van der Waals surface area contributed by atoms with Gasteiger partial charge in [-0.15, -0.1) is 0 Å². The lowest BCUT2D eigenvalue weighted by Gasteiger charge is -2.35. The van der Waals surface area contributed by atoms with Gasteiger partial charge in [0, 0.05) is 49.7 Å². The number of fused-ring (bicyclic) bond motifs is 1. The minimum atomic E-state index is -0.571. The van der Waals surface area contributed by atoms with E-state index in [1.165, 1.54) is 24.3 Å². The average Bonchev–Trinajstić information content (AvgIpc) is 3.07. The Bertz CT molecular complexity index is 1510. The summed E-state index contributed by atoms with van der Waals surface area (Å²) in [6.07, 6.45) is 1.70. The fourth-order valence-electron chi connectivity index (χ4n) is 5.38. The van der Waals surface area contributed by atoms with E-state index in [-0.39, 0.29) is 49.2 Å². The second-order valence-corrected chi connectivity index (χ2v) is 12.3. The number of para-hydroxylation sites is 1. The third kappa shape index (κ3) is 10.4. The lowest BCUT2D eigenvalue weighted by Crippen LogP contribution is -2.48. The maximum absolute atomic E-state index is 14.3. The van der Waals surface area contributed by atoms with Crippen molar-refractivity contribution in [2.75, 3.05) is 49.3 Å². The highest BCUT2D eigenvalue weighted by atomic mass is 19.1. The minimum absolute atomic E-state index is 0.216. The molecule has 5 amide bonds. The van der Waals surface area contributed by atoms with Crippen molar-refractivity contribution >= 4 is 35.0 Å². The van der Waals surface area contributed by atoms with E-state index in [9.17, 15) is 23.9 Å². The van der Waals surface area contributed by atoms with Crippen LogP contribution in [-0.4, -0.2) is 84.5 Å². The molecule has 0 radical (unpaired) electrons. The third-order valence-corrected chi connectivity index (χ3v) is 8.24. The highest BCUT2D eigenvalue weighted by molar-refractivity contribution is 6.02. The Morgan fingerprint density at radius 3 is 2.35 bits per heavy atom. The van der Waals surface area contributed by atoms with Crippen LogP contribution in [0.4, 0.5) is 31.0 Å². The molecule has 1 heterocycles. The van der Waals surface area contributed by atoms with Crippen molar-refractivity contribution < 1.29 is 33.4 Å². The van der Waals surface area contributed by atoms with Gasteiger partial charge >= 0.3 is 12.1 Å². The molecule has 0 fully saturated rings. The summed E-state index contributed by atoms with van der Waals surface area (Å²) in [6, 6.07) is 18.0. The summed E-state index contributed by atoms with van der Waals surface area (Å²) in [6.45, 7) is 6.34. The predicted octanol–water partition coefficient (Wildman–Crippen LogP) is 6.43. The first-order valence-electron chi connectivity index (χ1n) is 16.3. The van der Waals surface area contributed by atoms with Crippen molar-refractivity contribution in [1.29, 1.82) is 0 Å². The number of amides is 5. The van der Waals surface area contributed by atoms with Gasteiger partial charge in [0.15, 0.2) is 0 Å². The molecule has 11 nitrogen and oxygen atoms in total. The number of aliphatic hydroxyl groups excluding tert-OH is 1. The van der Waals surface area contributed by atoms with Crippen molar-refractivity contribution in [1.82, 2.24) is 9.80 Å². The second-order valence-electron chi connectivity index (χ2n) is 12.3. The van der Waals surface area contributed by atoms with E-state index in [0.717, 1.165) is 12.8 Å². The van der Waals surface area contributed by atoms with Gasteiger partial charge in [-0.1, -0.05) is 25.1 Å². The molecule has 0 saturated heterocycles. The monoisotopic (exact) mass is 663 g/mol. The van der Waals surface area contributed by atoms with E-state index < -0.39 is 24.0 Å². The number of nitrogens with zero attached hydrogens (tertiary/aromatic N) is 2. The summed E-state index contributed by atoms with van der Waals surface area (Å²) < 4.78 is 25.9. The number of aliphatic hydroxyl groups is 1. The Labute approximate surface area is 281 Å². The highest BCUT2D eigenvalue weighted by Gasteiger charge is 2.31. The van der Waals surface area contributed by atoms with Crippen LogP contribution in [0.15, 0.2) is 72.8 Å². The first-order chi connectivity index (χ1) is 23.0. The number of nitrogens with one attached hydrogen (secondary N) is 3. The Hall–Kier alpha value is -4.68. The van der Waals surface area contributed by atoms with Gasteiger partial charge < -0.3 is 40.3 Å². The summed E-state index contributed by atoms with van der Waals surface area (Å²) in [4.78, 5) is 43.2. The number of hydrogen-bond donors (Lipinski definition) is 4. The van der Waals surface area contributed by atoms with E-state index in [1.54, 1.807) is 42.0 Å². The second kappa shape index (κ2) is 17.5. The van der Waals surface area contributed by atoms with E-state index in [2.05, 4.69) is 16.0 Å². The number of rotatable bonds is 7. The molecule has 48 heavy (non-hydrogen) atoms. The number of ether oxygens (including phenoxy) is 2. The van der Waals surface area contributed by atoms with Gasteiger partial charge in [0.1, 0.15) is 11.6 Å². The Morgan fingerprint density at radius 2 is 1.65 bits per heavy atom. The minimum Gasteiger partial charge on any atom is -0.490 e. The predicted molar refractivity (Wildman–Crippen MR) is 184 cm³/mol. The molecule has 3 aromatic rings. The molecule has 3 aromatic carbocycles. The fourth-order valence-corrected chi connectivity index (χ4v) is 5.38. The first kappa shape index (κ1) is 36.2. The van der Waals surface area contributed by atoms with Gasteiger partial charge in [0.05, 0.1) is 30.4 Å². The fraction of sp³-hybridized carbons (Fsp3) is 0.417. The molecule has 0 spiro atoms. The third-order valence-electron chi connectivity index (χ3n) is 8.24. The van der Waals surface area contributed by atoms with Crippen LogP contribution in [0.25, 0.3) is 0 Å². The number of hydrogen-bond acceptors (Lipinski definition) is 6. The molecule has 258 valence electrons. The Morgan fingerprint density at radius 1 is 0.979 bits per heavy atom. The largest absolute Gasteiger partial charge is 0.490 e. The van der Waals surface area contributed by atoms with E-state index >= 15 is 0 Å². The standard InChI is InChI=1S/C36H46FN5O6/c1-24-21-42(25(2)23-43)34(44)31-20-30(39-35(45)38-29-15-13-27(37)14-16-29)17-18-32(31)48-26(3)10-8-9-19-47-33(24)22-41(4)36(46)40-28-11-6-5-7-12-28/h5-7,11-18,20,24-26,33,43H,8-10,19,21-23H2,1-4H3,(H,40,46)(H2,38,39,45)/t24-,25-,26-,33-/m0/s1. The molecular formula is C36H46FN5O6. The molecule has 4 atom stereocenters. The van der Waals surface area contributed by atoms with Crippen molar-refractivity contribution in [2.24, 2.45) is 5.92 Å². The number of likely N-dealkylation sites (N-methyl/N-ethyl adjacent to an activating group) is 1. The molecule has 1 aliphatic rings. The summed E-state index contributed by atoms with van der Waals surface area (Å²) >= 11 is 0. The summed E-state index contributed by atoms with van der Waals surface area (Å²) in [5.74, 6) is -0.681. The van der Waals surface area contributed by atoms with Crippen LogP contribution >= 0.6 is 0 Å². The highest BCUT2D eigenvalue weighted by Crippen LogP contribution is 2.29. The normalized spacial score (nSPS) is 19.6. The van der Waals surface area contributed by atoms with Crippen LogP contribution in [-0.2, 0) is 4.74 Å². The van der Waals surface area contributed by atoms with Crippen LogP contribution in [0, 0.1) is 11.7 Å². The van der Waals surface area contributed by atoms with Gasteiger partial charge in [-0.3, -0.25) is 4.79 Å². The van der Waals surface area contributed by atoms with Gasteiger partial charge in [-0.2, -0.15) is 0 Å². The van der Waals surface area contributed by atoms with Crippen LogP contribution < -0.4 is 20.7 Å². The van der Waals surface area contributed by atoms with Gasteiger partial charge in [0.25, 0.3) is 5.91 Å². The smallest absolute Gasteiger partial charge is 0.323 e. The molecule has 0 aromatic heterocycles. The van der Waals surface area contributed by atoms with Crippen LogP contribution in [0.5, 0.6) is 5.75 Å². The van der Waals surface area contributed by atoms with E-state index in [1.807, 2.05) is 44.2 Å². The molecular weight excluding hydrogens is 617 g/mol. The number of benzene rings is 3. The van der Waals surface area contributed by atoms with Crippen molar-refractivity contribution in [3.05, 3.63) is 84.2 Å². The number of urea groups is 2. The molecule has 1 aliphatic heterocycles.